The fraction of sp³-hybridized carbons (Fsp3) is 0.250. The highest BCUT2D eigenvalue weighted by molar-refractivity contribution is 6.07. The monoisotopic (exact) mass is 492 g/mol. The number of pyridine rings is 1. The predicted molar refractivity (Wildman–Crippen MR) is 141 cm³/mol. The second-order valence-corrected chi connectivity index (χ2v) is 9.47. The van der Waals surface area contributed by atoms with Gasteiger partial charge in [0.1, 0.15) is 11.4 Å². The molecule has 1 aromatic carbocycles. The number of hydrogen-bond donors (Lipinski definition) is 1. The van der Waals surface area contributed by atoms with E-state index in [-0.39, 0.29) is 5.91 Å². The zero-order valence-corrected chi connectivity index (χ0v) is 20.7. The van der Waals surface area contributed by atoms with Gasteiger partial charge in [0.05, 0.1) is 23.3 Å². The van der Waals surface area contributed by atoms with E-state index in [1.165, 1.54) is 5.56 Å². The third-order valence-electron chi connectivity index (χ3n) is 6.89. The van der Waals surface area contributed by atoms with Gasteiger partial charge in [0.15, 0.2) is 5.65 Å². The van der Waals surface area contributed by atoms with Gasteiger partial charge in [-0.3, -0.25) is 14.7 Å². The number of likely N-dealkylation sites (tertiary alicyclic amines) is 1. The van der Waals surface area contributed by atoms with Gasteiger partial charge in [-0.15, -0.1) is 0 Å². The Morgan fingerprint density at radius 1 is 1.03 bits per heavy atom. The third-order valence-corrected chi connectivity index (χ3v) is 6.89. The van der Waals surface area contributed by atoms with Gasteiger partial charge in [0.2, 0.25) is 0 Å². The van der Waals surface area contributed by atoms with Gasteiger partial charge < -0.3 is 5.32 Å². The second-order valence-electron chi connectivity index (χ2n) is 9.47. The average molecular weight is 493 g/mol. The van der Waals surface area contributed by atoms with Crippen LogP contribution in [-0.2, 0) is 6.54 Å². The number of carbonyl (C=O) groups excluding carboxylic acids is 1. The number of hydrogen-bond acceptors (Lipinski definition) is 6. The lowest BCUT2D eigenvalue weighted by Crippen LogP contribution is -2.32. The number of anilines is 1. The van der Waals surface area contributed by atoms with Crippen LogP contribution in [0.5, 0.6) is 0 Å². The molecule has 37 heavy (non-hydrogen) atoms. The van der Waals surface area contributed by atoms with E-state index in [0.29, 0.717) is 22.9 Å². The van der Waals surface area contributed by atoms with Crippen molar-refractivity contribution in [1.82, 2.24) is 34.3 Å². The van der Waals surface area contributed by atoms with Crippen molar-refractivity contribution in [3.8, 4) is 5.69 Å². The van der Waals surface area contributed by atoms with E-state index in [1.54, 1.807) is 29.2 Å². The van der Waals surface area contributed by atoms with E-state index in [1.807, 2.05) is 53.3 Å². The molecule has 0 radical (unpaired) electrons. The largest absolute Gasteiger partial charge is 0.306 e. The molecule has 1 amide bonds. The van der Waals surface area contributed by atoms with Crippen molar-refractivity contribution in [2.24, 2.45) is 0 Å². The number of amides is 1. The van der Waals surface area contributed by atoms with Crippen LogP contribution < -0.4 is 5.32 Å². The topological polar surface area (TPSA) is 93.2 Å². The number of fused-ring (bicyclic) bond motifs is 1. The molecule has 1 fully saturated rings. The van der Waals surface area contributed by atoms with Crippen molar-refractivity contribution in [2.45, 2.75) is 32.2 Å². The highest BCUT2D eigenvalue weighted by Gasteiger charge is 2.25. The van der Waals surface area contributed by atoms with Gasteiger partial charge >= 0.3 is 0 Å². The maximum atomic E-state index is 13.3. The Bertz CT molecular complexity index is 1520. The molecule has 0 bridgehead atoms. The third kappa shape index (κ3) is 4.85. The van der Waals surface area contributed by atoms with E-state index < -0.39 is 0 Å². The van der Waals surface area contributed by atoms with Crippen LogP contribution in [-0.4, -0.2) is 53.3 Å². The van der Waals surface area contributed by atoms with Crippen LogP contribution >= 0.6 is 0 Å². The van der Waals surface area contributed by atoms with Crippen LogP contribution in [0.4, 0.5) is 5.82 Å². The van der Waals surface area contributed by atoms with E-state index in [2.05, 4.69) is 38.3 Å². The molecule has 9 nitrogen and oxygen atoms in total. The molecule has 6 rings (SSSR count). The lowest BCUT2D eigenvalue weighted by Gasteiger charge is -2.30. The molecule has 4 aromatic heterocycles. The summed E-state index contributed by atoms with van der Waals surface area (Å²) in [4.78, 5) is 24.5. The number of carbonyl (C=O) groups is 1. The Hall–Kier alpha value is -4.37. The van der Waals surface area contributed by atoms with Crippen LogP contribution in [0.15, 0.2) is 79.4 Å². The lowest BCUT2D eigenvalue weighted by molar-refractivity contribution is 0.102. The van der Waals surface area contributed by atoms with E-state index in [4.69, 9.17) is 5.10 Å². The van der Waals surface area contributed by atoms with Crippen molar-refractivity contribution in [3.05, 3.63) is 102 Å². The Kier molecular flexibility index (Phi) is 6.20. The minimum absolute atomic E-state index is 0.265. The standard InChI is InChI=1S/C28H28N8O/c1-20-6-8-23(9-7-20)36-26(32-28(37)24-18-31-35-14-4-13-30-27(24)35)17-25(33-36)21-10-15-34(16-11-21)19-22-5-2-3-12-29-22/h2-9,12-14,17-18,21H,10-11,15-16,19H2,1H3,(H,32,37). The molecule has 1 N–H and O–H groups in total. The number of rotatable bonds is 6. The highest BCUT2D eigenvalue weighted by Crippen LogP contribution is 2.31. The molecule has 1 aliphatic heterocycles. The molecular formula is C28H28N8O. The Labute approximate surface area is 214 Å². The van der Waals surface area contributed by atoms with Gasteiger partial charge in [-0.05, 0) is 63.2 Å². The molecule has 9 heteroatoms. The van der Waals surface area contributed by atoms with E-state index in [0.717, 1.165) is 49.6 Å². The maximum absolute atomic E-state index is 13.3. The molecule has 5 heterocycles. The van der Waals surface area contributed by atoms with Crippen molar-refractivity contribution in [1.29, 1.82) is 0 Å². The minimum atomic E-state index is -0.265. The molecular weight excluding hydrogens is 464 g/mol. The first-order valence-corrected chi connectivity index (χ1v) is 12.5. The van der Waals surface area contributed by atoms with Crippen LogP contribution in [0.2, 0.25) is 0 Å². The normalized spacial score (nSPS) is 14.7. The zero-order valence-electron chi connectivity index (χ0n) is 20.7. The SMILES string of the molecule is Cc1ccc(-n2nc(C3CCN(Cc4ccccn4)CC3)cc2NC(=O)c2cnn3cccnc23)cc1. The molecule has 0 aliphatic carbocycles. The molecule has 5 aromatic rings. The van der Waals surface area contributed by atoms with Crippen LogP contribution in [0, 0.1) is 6.92 Å². The van der Waals surface area contributed by atoms with Crippen molar-refractivity contribution in [3.63, 3.8) is 0 Å². The molecule has 0 saturated carbocycles. The van der Waals surface area contributed by atoms with Crippen molar-refractivity contribution < 1.29 is 4.79 Å². The summed E-state index contributed by atoms with van der Waals surface area (Å²) in [6, 6.07) is 18.0. The number of piperidine rings is 1. The first-order chi connectivity index (χ1) is 18.1. The highest BCUT2D eigenvalue weighted by atomic mass is 16.1. The lowest BCUT2D eigenvalue weighted by atomic mass is 9.93. The summed E-state index contributed by atoms with van der Waals surface area (Å²) >= 11 is 0. The van der Waals surface area contributed by atoms with Gasteiger partial charge in [-0.1, -0.05) is 23.8 Å². The summed E-state index contributed by atoms with van der Waals surface area (Å²) in [7, 11) is 0. The molecule has 0 spiro atoms. The van der Waals surface area contributed by atoms with Crippen LogP contribution in [0.3, 0.4) is 0 Å². The smallest absolute Gasteiger partial charge is 0.262 e. The van der Waals surface area contributed by atoms with Crippen molar-refractivity contribution in [2.75, 3.05) is 18.4 Å². The first-order valence-electron chi connectivity index (χ1n) is 12.5. The molecule has 1 saturated heterocycles. The number of aryl methyl sites for hydroxylation is 1. The molecule has 0 unspecified atom stereocenters. The van der Waals surface area contributed by atoms with Crippen molar-refractivity contribution >= 4 is 17.4 Å². The summed E-state index contributed by atoms with van der Waals surface area (Å²) in [5.74, 6) is 0.690. The Balaban J connectivity index is 1.24. The number of nitrogens with zero attached hydrogens (tertiary/aromatic N) is 7. The Morgan fingerprint density at radius 2 is 1.84 bits per heavy atom. The number of aromatic nitrogens is 6. The summed E-state index contributed by atoms with van der Waals surface area (Å²) in [6.45, 7) is 4.88. The summed E-state index contributed by atoms with van der Waals surface area (Å²) in [5, 5.41) is 12.3. The molecule has 0 atom stereocenters. The fourth-order valence-electron chi connectivity index (χ4n) is 4.85. The van der Waals surface area contributed by atoms with E-state index >= 15 is 0 Å². The van der Waals surface area contributed by atoms with Gasteiger partial charge in [-0.25, -0.2) is 14.2 Å². The van der Waals surface area contributed by atoms with E-state index in [9.17, 15) is 4.79 Å². The first kappa shape index (κ1) is 23.1. The minimum Gasteiger partial charge on any atom is -0.306 e. The summed E-state index contributed by atoms with van der Waals surface area (Å²) < 4.78 is 3.42. The van der Waals surface area contributed by atoms with Crippen LogP contribution in [0.25, 0.3) is 11.3 Å². The molecule has 186 valence electrons. The predicted octanol–water partition coefficient (Wildman–Crippen LogP) is 4.25. The number of benzene rings is 1. The van der Waals surface area contributed by atoms with Gasteiger partial charge in [0.25, 0.3) is 5.91 Å². The number of nitrogens with one attached hydrogen (secondary N) is 1. The quantitative estimate of drug-likeness (QED) is 0.381. The Morgan fingerprint density at radius 3 is 2.62 bits per heavy atom. The van der Waals surface area contributed by atoms with Gasteiger partial charge in [-0.2, -0.15) is 10.2 Å². The van der Waals surface area contributed by atoms with Crippen LogP contribution in [0.1, 0.15) is 46.1 Å². The summed E-state index contributed by atoms with van der Waals surface area (Å²) in [6.07, 6.45) is 8.82. The van der Waals surface area contributed by atoms with Gasteiger partial charge in [0, 0.05) is 37.1 Å². The average Bonchev–Trinajstić information content (AvgIpc) is 3.55. The molecule has 1 aliphatic rings. The zero-order chi connectivity index (χ0) is 25.2. The summed E-state index contributed by atoms with van der Waals surface area (Å²) in [5.41, 5.74) is 5.09. The fourth-order valence-corrected chi connectivity index (χ4v) is 4.85. The second kappa shape index (κ2) is 9.94. The maximum Gasteiger partial charge on any atom is 0.262 e.